The Bertz CT molecular complexity index is 1200. The summed E-state index contributed by atoms with van der Waals surface area (Å²) in [6, 6.07) is 17.9. The van der Waals surface area contributed by atoms with Gasteiger partial charge in [0.25, 0.3) is 0 Å². The molecule has 0 aliphatic carbocycles. The summed E-state index contributed by atoms with van der Waals surface area (Å²) >= 11 is 5.41. The topological polar surface area (TPSA) is 77.0 Å². The highest BCUT2D eigenvalue weighted by atomic mass is 32.1. The van der Waals surface area contributed by atoms with Crippen molar-refractivity contribution in [1.82, 2.24) is 19.9 Å². The lowest BCUT2D eigenvalue weighted by molar-refractivity contribution is 0.281. The number of rotatable bonds is 8. The number of hydrogen-bond donors (Lipinski definition) is 2. The number of aromatic nitrogens is 4. The van der Waals surface area contributed by atoms with Gasteiger partial charge < -0.3 is 14.9 Å². The van der Waals surface area contributed by atoms with Gasteiger partial charge in [-0.15, -0.1) is 0 Å². The predicted molar refractivity (Wildman–Crippen MR) is 122 cm³/mol. The second-order valence-electron chi connectivity index (χ2n) is 6.98. The van der Waals surface area contributed by atoms with E-state index in [0.29, 0.717) is 35.2 Å². The average molecular weight is 434 g/mol. The Kier molecular flexibility index (Phi) is 6.28. The minimum atomic E-state index is 0.445. The highest BCUT2D eigenvalue weighted by Crippen LogP contribution is 2.32. The second kappa shape index (κ2) is 9.44. The Hall–Kier alpha value is -3.65. The van der Waals surface area contributed by atoms with E-state index in [1.54, 1.807) is 24.2 Å². The largest absolute Gasteiger partial charge is 0.493 e. The fourth-order valence-corrected chi connectivity index (χ4v) is 3.36. The molecule has 7 nitrogen and oxygen atoms in total. The third-order valence-corrected chi connectivity index (χ3v) is 5.10. The number of aryl methyl sites for hydroxylation is 1. The molecule has 2 aromatic carbocycles. The van der Waals surface area contributed by atoms with Crippen LogP contribution in [0.4, 0.5) is 0 Å². The van der Waals surface area contributed by atoms with Crippen molar-refractivity contribution in [2.24, 2.45) is 0 Å². The molecule has 0 atom stereocenters. The minimum absolute atomic E-state index is 0.445. The highest BCUT2D eigenvalue weighted by molar-refractivity contribution is 7.71. The Morgan fingerprint density at radius 1 is 1.06 bits per heavy atom. The fraction of sp³-hybridized carbons (Fsp3) is 0.174. The van der Waals surface area contributed by atoms with Crippen LogP contribution in [0.2, 0.25) is 0 Å². The number of para-hydroxylation sites is 1. The first-order valence-corrected chi connectivity index (χ1v) is 10.2. The molecule has 2 heterocycles. The molecule has 8 heteroatoms. The van der Waals surface area contributed by atoms with Crippen molar-refractivity contribution in [1.29, 1.82) is 0 Å². The van der Waals surface area contributed by atoms with Crippen molar-refractivity contribution < 1.29 is 9.47 Å². The molecule has 0 saturated heterocycles. The predicted octanol–water partition coefficient (Wildman–Crippen LogP) is 4.64. The second-order valence-corrected chi connectivity index (χ2v) is 7.37. The fourth-order valence-electron chi connectivity index (χ4n) is 3.17. The maximum Gasteiger partial charge on any atom is 0.214 e. The van der Waals surface area contributed by atoms with Crippen molar-refractivity contribution >= 4 is 12.2 Å². The molecule has 0 spiro atoms. The Labute approximate surface area is 185 Å². The average Bonchev–Trinajstić information content (AvgIpc) is 3.18. The monoisotopic (exact) mass is 433 g/mol. The summed E-state index contributed by atoms with van der Waals surface area (Å²) in [5.41, 5.74) is 7.48. The molecule has 2 aromatic heterocycles. The molecule has 0 fully saturated rings. The molecule has 4 aromatic rings. The first kappa shape index (κ1) is 20.6. The standard InChI is InChI=1S/C23H23N5O2S/c1-16-6-8-17(9-7-16)15-30-21-19(4-3-5-20(21)29-2)14-25-28-22(26-27-23(28)31)18-10-12-24-13-11-18/h3-13,25H,14-15H2,1-2H3,(H,27,31). The Balaban J connectivity index is 1.56. The van der Waals surface area contributed by atoms with Gasteiger partial charge in [-0.05, 0) is 42.9 Å². The number of aromatic amines is 1. The van der Waals surface area contributed by atoms with Gasteiger partial charge in [0, 0.05) is 23.5 Å². The van der Waals surface area contributed by atoms with Gasteiger partial charge in [0.1, 0.15) is 6.61 Å². The van der Waals surface area contributed by atoms with E-state index in [0.717, 1.165) is 16.7 Å². The van der Waals surface area contributed by atoms with E-state index in [1.807, 2.05) is 30.3 Å². The molecule has 2 N–H and O–H groups in total. The molecule has 0 unspecified atom stereocenters. The maximum atomic E-state index is 6.17. The van der Waals surface area contributed by atoms with Crippen LogP contribution in [0.15, 0.2) is 67.0 Å². The zero-order valence-corrected chi connectivity index (χ0v) is 18.1. The van der Waals surface area contributed by atoms with Crippen LogP contribution in [0.3, 0.4) is 0 Å². The van der Waals surface area contributed by atoms with Gasteiger partial charge >= 0.3 is 0 Å². The van der Waals surface area contributed by atoms with E-state index in [1.165, 1.54) is 5.56 Å². The lowest BCUT2D eigenvalue weighted by atomic mass is 10.1. The molecule has 31 heavy (non-hydrogen) atoms. The molecule has 0 bridgehead atoms. The third kappa shape index (κ3) is 4.75. The number of pyridine rings is 1. The molecular formula is C23H23N5O2S. The van der Waals surface area contributed by atoms with Crippen LogP contribution < -0.4 is 14.9 Å². The van der Waals surface area contributed by atoms with Crippen LogP contribution in [0, 0.1) is 11.7 Å². The quantitative estimate of drug-likeness (QED) is 0.394. The molecule has 0 aliphatic heterocycles. The van der Waals surface area contributed by atoms with Crippen LogP contribution in [0.25, 0.3) is 11.4 Å². The van der Waals surface area contributed by atoms with Gasteiger partial charge in [-0.1, -0.05) is 42.0 Å². The smallest absolute Gasteiger partial charge is 0.214 e. The Morgan fingerprint density at radius 3 is 2.58 bits per heavy atom. The number of nitrogens with one attached hydrogen (secondary N) is 2. The number of methoxy groups -OCH3 is 1. The first-order chi connectivity index (χ1) is 15.2. The molecule has 0 radical (unpaired) electrons. The first-order valence-electron chi connectivity index (χ1n) is 9.81. The zero-order valence-electron chi connectivity index (χ0n) is 17.3. The highest BCUT2D eigenvalue weighted by Gasteiger charge is 2.13. The van der Waals surface area contributed by atoms with Gasteiger partial charge in [0.2, 0.25) is 4.77 Å². The maximum absolute atomic E-state index is 6.17. The summed E-state index contributed by atoms with van der Waals surface area (Å²) in [6.07, 6.45) is 3.44. The van der Waals surface area contributed by atoms with Crippen molar-refractivity contribution in [3.63, 3.8) is 0 Å². The van der Waals surface area contributed by atoms with Crippen molar-refractivity contribution in [2.75, 3.05) is 12.5 Å². The van der Waals surface area contributed by atoms with Crippen LogP contribution in [0.1, 0.15) is 16.7 Å². The summed E-state index contributed by atoms with van der Waals surface area (Å²) in [4.78, 5) is 4.06. The van der Waals surface area contributed by atoms with Gasteiger partial charge in [-0.3, -0.25) is 4.98 Å². The van der Waals surface area contributed by atoms with Gasteiger partial charge in [0.05, 0.1) is 13.7 Å². The van der Waals surface area contributed by atoms with Crippen LogP contribution >= 0.6 is 12.2 Å². The minimum Gasteiger partial charge on any atom is -0.493 e. The molecule has 0 saturated carbocycles. The van der Waals surface area contributed by atoms with E-state index in [9.17, 15) is 0 Å². The molecular weight excluding hydrogens is 410 g/mol. The van der Waals surface area contributed by atoms with Crippen LogP contribution in [-0.2, 0) is 13.2 Å². The van der Waals surface area contributed by atoms with Crippen molar-refractivity contribution in [3.8, 4) is 22.9 Å². The molecule has 0 amide bonds. The molecule has 158 valence electrons. The SMILES string of the molecule is COc1cccc(CNn2c(-c3ccncc3)n[nH]c2=S)c1OCc1ccc(C)cc1. The van der Waals surface area contributed by atoms with Crippen LogP contribution in [0.5, 0.6) is 11.5 Å². The summed E-state index contributed by atoms with van der Waals surface area (Å²) in [5, 5.41) is 7.17. The summed E-state index contributed by atoms with van der Waals surface area (Å²) in [5.74, 6) is 2.05. The number of nitrogens with zero attached hydrogens (tertiary/aromatic N) is 3. The lowest BCUT2D eigenvalue weighted by Gasteiger charge is -2.17. The zero-order chi connectivity index (χ0) is 21.6. The summed E-state index contributed by atoms with van der Waals surface area (Å²) < 4.78 is 13.9. The molecule has 4 rings (SSSR count). The lowest BCUT2D eigenvalue weighted by Crippen LogP contribution is -2.16. The van der Waals surface area contributed by atoms with E-state index in [4.69, 9.17) is 21.7 Å². The van der Waals surface area contributed by atoms with E-state index in [-0.39, 0.29) is 0 Å². The number of hydrogen-bond acceptors (Lipinski definition) is 6. The number of ether oxygens (including phenoxy) is 2. The van der Waals surface area contributed by atoms with Crippen molar-refractivity contribution in [3.05, 3.63) is 88.5 Å². The van der Waals surface area contributed by atoms with Gasteiger partial charge in [-0.25, -0.2) is 9.77 Å². The van der Waals surface area contributed by atoms with Crippen LogP contribution in [-0.4, -0.2) is 27.0 Å². The van der Waals surface area contributed by atoms with E-state index < -0.39 is 0 Å². The summed E-state index contributed by atoms with van der Waals surface area (Å²) in [7, 11) is 1.64. The summed E-state index contributed by atoms with van der Waals surface area (Å²) in [6.45, 7) is 2.98. The molecule has 0 aliphatic rings. The van der Waals surface area contributed by atoms with E-state index in [2.05, 4.69) is 51.8 Å². The third-order valence-electron chi connectivity index (χ3n) is 4.82. The number of H-pyrrole nitrogens is 1. The number of benzene rings is 2. The van der Waals surface area contributed by atoms with Gasteiger partial charge in [-0.2, -0.15) is 5.10 Å². The Morgan fingerprint density at radius 2 is 1.84 bits per heavy atom. The van der Waals surface area contributed by atoms with E-state index >= 15 is 0 Å². The van der Waals surface area contributed by atoms with Crippen molar-refractivity contribution in [2.45, 2.75) is 20.1 Å². The normalized spacial score (nSPS) is 10.6. The van der Waals surface area contributed by atoms with Gasteiger partial charge in [0.15, 0.2) is 17.3 Å².